The Hall–Kier alpha value is -2.54. The number of aromatic nitrogens is 3. The first-order valence-corrected chi connectivity index (χ1v) is 8.80. The molecule has 1 aliphatic rings. The van der Waals surface area contributed by atoms with Gasteiger partial charge in [-0.05, 0) is 47.4 Å². The summed E-state index contributed by atoms with van der Waals surface area (Å²) in [4.78, 5) is 27.0. The van der Waals surface area contributed by atoms with Crippen LogP contribution in [0.1, 0.15) is 18.4 Å². The molecule has 0 bridgehead atoms. The van der Waals surface area contributed by atoms with E-state index >= 15 is 0 Å². The van der Waals surface area contributed by atoms with Crippen LogP contribution in [-0.4, -0.2) is 31.8 Å². The topological polar surface area (TPSA) is 68.1 Å². The maximum absolute atomic E-state index is 12.7. The van der Waals surface area contributed by atoms with Crippen LogP contribution in [0.2, 0.25) is 0 Å². The van der Waals surface area contributed by atoms with Crippen molar-refractivity contribution < 1.29 is 4.79 Å². The van der Waals surface area contributed by atoms with Crippen LogP contribution in [0.3, 0.4) is 0 Å². The summed E-state index contributed by atoms with van der Waals surface area (Å²) in [6, 6.07) is 9.34. The Labute approximate surface area is 142 Å². The van der Waals surface area contributed by atoms with Gasteiger partial charge in [0.25, 0.3) is 5.56 Å². The summed E-state index contributed by atoms with van der Waals surface area (Å²) in [5, 5.41) is 12.5. The monoisotopic (exact) mass is 340 g/mol. The van der Waals surface area contributed by atoms with Crippen molar-refractivity contribution >= 4 is 28.1 Å². The van der Waals surface area contributed by atoms with Crippen molar-refractivity contribution in [1.29, 1.82) is 0 Å². The minimum absolute atomic E-state index is 0.0721. The Morgan fingerprint density at radius 1 is 1.29 bits per heavy atom. The summed E-state index contributed by atoms with van der Waals surface area (Å²) in [5.74, 6) is -0.0876. The van der Waals surface area contributed by atoms with Gasteiger partial charge in [-0.15, -0.1) is 5.10 Å². The minimum Gasteiger partial charge on any atom is -0.334 e. The number of fused-ring (bicyclic) bond motifs is 1. The van der Waals surface area contributed by atoms with Crippen molar-refractivity contribution in [3.63, 3.8) is 0 Å². The molecule has 1 aromatic carbocycles. The van der Waals surface area contributed by atoms with E-state index in [9.17, 15) is 9.59 Å². The summed E-state index contributed by atoms with van der Waals surface area (Å²) >= 11 is 1.62. The normalized spacial score (nSPS) is 14.0. The van der Waals surface area contributed by atoms with Gasteiger partial charge in [-0.25, -0.2) is 4.68 Å². The van der Waals surface area contributed by atoms with Gasteiger partial charge in [0.05, 0.1) is 5.39 Å². The van der Waals surface area contributed by atoms with Gasteiger partial charge in [0.1, 0.15) is 12.1 Å². The third-order valence-corrected chi connectivity index (χ3v) is 4.89. The highest BCUT2D eigenvalue weighted by atomic mass is 32.1. The molecule has 0 spiro atoms. The van der Waals surface area contributed by atoms with E-state index in [1.54, 1.807) is 29.5 Å². The van der Waals surface area contributed by atoms with E-state index in [1.165, 1.54) is 0 Å². The molecule has 1 fully saturated rings. The fourth-order valence-corrected chi connectivity index (χ4v) is 3.39. The molecule has 0 unspecified atom stereocenters. The Kier molecular flexibility index (Phi) is 3.86. The lowest BCUT2D eigenvalue weighted by Gasteiger charge is -2.22. The molecule has 1 aliphatic carbocycles. The molecule has 2 aromatic heterocycles. The summed E-state index contributed by atoms with van der Waals surface area (Å²) in [5.41, 5.74) is 1.39. The number of thiophene rings is 1. The van der Waals surface area contributed by atoms with Crippen LogP contribution in [0.25, 0.3) is 10.9 Å². The third-order valence-electron chi connectivity index (χ3n) is 4.16. The van der Waals surface area contributed by atoms with Crippen LogP contribution in [0.5, 0.6) is 0 Å². The Morgan fingerprint density at radius 2 is 2.12 bits per heavy atom. The van der Waals surface area contributed by atoms with Crippen molar-refractivity contribution in [2.75, 3.05) is 0 Å². The lowest BCUT2D eigenvalue weighted by molar-refractivity contribution is -0.133. The highest BCUT2D eigenvalue weighted by Crippen LogP contribution is 2.29. The van der Waals surface area contributed by atoms with E-state index in [4.69, 9.17) is 0 Å². The Bertz CT molecular complexity index is 931. The zero-order valence-electron chi connectivity index (χ0n) is 13.0. The lowest BCUT2D eigenvalue weighted by Crippen LogP contribution is -2.38. The van der Waals surface area contributed by atoms with E-state index in [0.29, 0.717) is 17.4 Å². The first-order chi connectivity index (χ1) is 11.7. The molecule has 2 heterocycles. The van der Waals surface area contributed by atoms with E-state index in [1.807, 2.05) is 27.8 Å². The molecule has 24 heavy (non-hydrogen) atoms. The van der Waals surface area contributed by atoms with E-state index in [-0.39, 0.29) is 24.1 Å². The number of hydrogen-bond donors (Lipinski definition) is 0. The standard InChI is InChI=1S/C17H16N4O2S/c22-16(20(13-5-6-13)9-12-7-8-24-11-12)10-21-17(23)14-3-1-2-4-15(14)18-19-21/h1-4,7-8,11,13H,5-6,9-10H2. The van der Waals surface area contributed by atoms with Gasteiger partial charge >= 0.3 is 0 Å². The number of nitrogens with zero attached hydrogens (tertiary/aromatic N) is 4. The minimum atomic E-state index is -0.278. The second-order valence-corrected chi connectivity index (χ2v) is 6.73. The smallest absolute Gasteiger partial charge is 0.278 e. The molecule has 0 saturated heterocycles. The fraction of sp³-hybridized carbons (Fsp3) is 0.294. The number of hydrogen-bond acceptors (Lipinski definition) is 5. The average molecular weight is 340 g/mol. The zero-order chi connectivity index (χ0) is 16.5. The second-order valence-electron chi connectivity index (χ2n) is 5.95. The molecule has 0 N–H and O–H groups in total. The van der Waals surface area contributed by atoms with Gasteiger partial charge < -0.3 is 4.90 Å². The van der Waals surface area contributed by atoms with E-state index in [0.717, 1.165) is 23.1 Å². The molecule has 0 aliphatic heterocycles. The number of carbonyl (C=O) groups excluding carboxylic acids is 1. The summed E-state index contributed by atoms with van der Waals surface area (Å²) < 4.78 is 1.16. The largest absolute Gasteiger partial charge is 0.334 e. The third kappa shape index (κ3) is 2.94. The van der Waals surface area contributed by atoms with Crippen molar-refractivity contribution in [3.05, 3.63) is 57.0 Å². The van der Waals surface area contributed by atoms with Gasteiger partial charge in [-0.3, -0.25) is 9.59 Å². The quantitative estimate of drug-likeness (QED) is 0.713. The molecule has 7 heteroatoms. The highest BCUT2D eigenvalue weighted by molar-refractivity contribution is 7.07. The molecule has 6 nitrogen and oxygen atoms in total. The Morgan fingerprint density at radius 3 is 2.88 bits per heavy atom. The maximum Gasteiger partial charge on any atom is 0.278 e. The fourth-order valence-electron chi connectivity index (χ4n) is 2.73. The van der Waals surface area contributed by atoms with Crippen LogP contribution in [-0.2, 0) is 17.9 Å². The zero-order valence-corrected chi connectivity index (χ0v) is 13.8. The van der Waals surface area contributed by atoms with Gasteiger partial charge in [-0.2, -0.15) is 11.3 Å². The molecular weight excluding hydrogens is 324 g/mol. The molecule has 0 atom stereocenters. The van der Waals surface area contributed by atoms with Gasteiger partial charge in [-0.1, -0.05) is 17.3 Å². The second kappa shape index (κ2) is 6.16. The highest BCUT2D eigenvalue weighted by Gasteiger charge is 2.32. The summed E-state index contributed by atoms with van der Waals surface area (Å²) in [6.45, 7) is 0.514. The number of benzene rings is 1. The van der Waals surface area contributed by atoms with Crippen LogP contribution in [0.4, 0.5) is 0 Å². The predicted molar refractivity (Wildman–Crippen MR) is 91.7 cm³/mol. The first kappa shape index (κ1) is 15.0. The van der Waals surface area contributed by atoms with Crippen LogP contribution in [0, 0.1) is 0 Å². The molecule has 0 radical (unpaired) electrons. The van der Waals surface area contributed by atoms with Crippen LogP contribution >= 0.6 is 11.3 Å². The van der Waals surface area contributed by atoms with E-state index < -0.39 is 0 Å². The maximum atomic E-state index is 12.7. The van der Waals surface area contributed by atoms with Crippen molar-refractivity contribution in [2.45, 2.75) is 32.0 Å². The number of carbonyl (C=O) groups is 1. The molecule has 3 aromatic rings. The molecule has 1 saturated carbocycles. The van der Waals surface area contributed by atoms with E-state index in [2.05, 4.69) is 10.3 Å². The number of amides is 1. The van der Waals surface area contributed by atoms with Gasteiger partial charge in [0, 0.05) is 12.6 Å². The molecule has 4 rings (SSSR count). The molecule has 122 valence electrons. The SMILES string of the molecule is O=C(Cn1nnc2ccccc2c1=O)N(Cc1ccsc1)C1CC1. The van der Waals surface area contributed by atoms with Crippen molar-refractivity contribution in [3.8, 4) is 0 Å². The van der Waals surface area contributed by atoms with Crippen LogP contribution < -0.4 is 5.56 Å². The molecule has 1 amide bonds. The van der Waals surface area contributed by atoms with Crippen LogP contribution in [0.15, 0.2) is 45.9 Å². The lowest BCUT2D eigenvalue weighted by atomic mass is 10.2. The van der Waals surface area contributed by atoms with Gasteiger partial charge in [0.2, 0.25) is 5.91 Å². The molecular formula is C17H16N4O2S. The van der Waals surface area contributed by atoms with Gasteiger partial charge in [0.15, 0.2) is 0 Å². The Balaban J connectivity index is 1.58. The number of rotatable bonds is 5. The first-order valence-electron chi connectivity index (χ1n) is 7.85. The summed E-state index contributed by atoms with van der Waals surface area (Å²) in [7, 11) is 0. The summed E-state index contributed by atoms with van der Waals surface area (Å²) in [6.07, 6.45) is 2.04. The predicted octanol–water partition coefficient (Wildman–Crippen LogP) is 2.04. The average Bonchev–Trinajstić information content (AvgIpc) is 3.31. The van der Waals surface area contributed by atoms with Crippen molar-refractivity contribution in [1.82, 2.24) is 19.9 Å². The van der Waals surface area contributed by atoms with Crippen molar-refractivity contribution in [2.24, 2.45) is 0 Å².